The van der Waals surface area contributed by atoms with Gasteiger partial charge in [0.15, 0.2) is 0 Å². The Labute approximate surface area is 135 Å². The molecular weight excluding hydrogens is 294 g/mol. The summed E-state index contributed by atoms with van der Waals surface area (Å²) in [6.45, 7) is 1.82. The number of piperidine rings is 1. The molecule has 1 amide bonds. The molecule has 2 aromatic heterocycles. The predicted molar refractivity (Wildman–Crippen MR) is 83.2 cm³/mol. The van der Waals surface area contributed by atoms with Crippen molar-refractivity contribution in [3.8, 4) is 0 Å². The largest absolute Gasteiger partial charge is 0.383 e. The number of carbonyl (C=O) groups excluding carboxylic acids is 1. The van der Waals surface area contributed by atoms with Crippen molar-refractivity contribution >= 4 is 5.91 Å². The van der Waals surface area contributed by atoms with Gasteiger partial charge in [-0.2, -0.15) is 5.10 Å². The fourth-order valence-electron chi connectivity index (χ4n) is 2.92. The van der Waals surface area contributed by atoms with Crippen molar-refractivity contribution in [2.24, 2.45) is 0 Å². The average molecular weight is 315 g/mol. The highest BCUT2D eigenvalue weighted by molar-refractivity contribution is 5.76. The molecule has 1 aliphatic rings. The maximum Gasteiger partial charge on any atom is 0.222 e. The smallest absolute Gasteiger partial charge is 0.222 e. The number of aromatic nitrogens is 4. The molecule has 0 radical (unpaired) electrons. The summed E-state index contributed by atoms with van der Waals surface area (Å²) < 4.78 is 1.73. The van der Waals surface area contributed by atoms with E-state index in [2.05, 4.69) is 15.1 Å². The number of pyridine rings is 1. The van der Waals surface area contributed by atoms with Crippen LogP contribution in [-0.2, 0) is 16.9 Å². The maximum absolute atomic E-state index is 12.3. The fourth-order valence-corrected chi connectivity index (χ4v) is 2.92. The highest BCUT2D eigenvalue weighted by atomic mass is 16.3. The zero-order valence-electron chi connectivity index (χ0n) is 13.0. The van der Waals surface area contributed by atoms with Gasteiger partial charge in [-0.3, -0.25) is 14.5 Å². The van der Waals surface area contributed by atoms with Gasteiger partial charge in [0.2, 0.25) is 5.91 Å². The van der Waals surface area contributed by atoms with E-state index in [1.165, 1.54) is 6.33 Å². The van der Waals surface area contributed by atoms with Crippen LogP contribution in [0, 0.1) is 0 Å². The number of likely N-dealkylation sites (tertiary alicyclic amines) is 1. The van der Waals surface area contributed by atoms with Crippen LogP contribution in [0.25, 0.3) is 0 Å². The Balaban J connectivity index is 1.47. The van der Waals surface area contributed by atoms with Crippen molar-refractivity contribution in [3.05, 3.63) is 42.7 Å². The molecular formula is C16H21N5O2. The molecule has 0 aromatic carbocycles. The number of aryl methyl sites for hydroxylation is 1. The second-order valence-corrected chi connectivity index (χ2v) is 5.89. The van der Waals surface area contributed by atoms with Gasteiger partial charge in [-0.1, -0.05) is 6.07 Å². The third kappa shape index (κ3) is 3.73. The minimum Gasteiger partial charge on any atom is -0.383 e. The van der Waals surface area contributed by atoms with E-state index in [1.54, 1.807) is 17.2 Å². The van der Waals surface area contributed by atoms with E-state index in [0.29, 0.717) is 44.6 Å². The molecule has 3 heterocycles. The number of amides is 1. The number of rotatable bonds is 5. The van der Waals surface area contributed by atoms with E-state index < -0.39 is 5.60 Å². The molecule has 7 nitrogen and oxygen atoms in total. The van der Waals surface area contributed by atoms with Crippen LogP contribution in [0.4, 0.5) is 0 Å². The summed E-state index contributed by atoms with van der Waals surface area (Å²) in [6, 6.07) is 5.55. The van der Waals surface area contributed by atoms with Crippen molar-refractivity contribution < 1.29 is 9.90 Å². The summed E-state index contributed by atoms with van der Waals surface area (Å²) in [5, 5.41) is 14.7. The first kappa shape index (κ1) is 15.6. The van der Waals surface area contributed by atoms with Gasteiger partial charge in [0.1, 0.15) is 18.3 Å². The molecule has 0 spiro atoms. The Morgan fingerprint density at radius 1 is 1.30 bits per heavy atom. The van der Waals surface area contributed by atoms with Gasteiger partial charge in [-0.05, 0) is 31.4 Å². The standard InChI is InChI=1S/C16H21N5O2/c22-15(5-3-9-21-13-17-12-19-21)20-10-6-16(23,7-11-20)14-4-1-2-8-18-14/h1-2,4,8,12-13,23H,3,5-7,9-11H2. The summed E-state index contributed by atoms with van der Waals surface area (Å²) in [5.74, 6) is 0.133. The number of aliphatic hydroxyl groups is 1. The lowest BCUT2D eigenvalue weighted by atomic mass is 9.87. The first-order valence-electron chi connectivity index (χ1n) is 7.91. The topological polar surface area (TPSA) is 84.1 Å². The number of nitrogens with zero attached hydrogens (tertiary/aromatic N) is 5. The van der Waals surface area contributed by atoms with E-state index in [1.807, 2.05) is 23.1 Å². The monoisotopic (exact) mass is 315 g/mol. The molecule has 3 rings (SSSR count). The molecule has 1 fully saturated rings. The van der Waals surface area contributed by atoms with Crippen molar-refractivity contribution in [2.75, 3.05) is 13.1 Å². The molecule has 122 valence electrons. The van der Waals surface area contributed by atoms with Gasteiger partial charge in [-0.25, -0.2) is 4.98 Å². The second-order valence-electron chi connectivity index (χ2n) is 5.89. The summed E-state index contributed by atoms with van der Waals surface area (Å²) in [5.41, 5.74) is -0.225. The lowest BCUT2D eigenvalue weighted by Gasteiger charge is -2.37. The Kier molecular flexibility index (Phi) is 4.66. The summed E-state index contributed by atoms with van der Waals surface area (Å²) in [4.78, 5) is 22.2. The Hall–Kier alpha value is -2.28. The van der Waals surface area contributed by atoms with Crippen LogP contribution < -0.4 is 0 Å². The highest BCUT2D eigenvalue weighted by Gasteiger charge is 2.36. The Bertz CT molecular complexity index is 621. The van der Waals surface area contributed by atoms with Gasteiger partial charge in [-0.15, -0.1) is 0 Å². The van der Waals surface area contributed by atoms with Crippen molar-refractivity contribution in [2.45, 2.75) is 37.8 Å². The molecule has 7 heteroatoms. The predicted octanol–water partition coefficient (Wildman–Crippen LogP) is 0.963. The fraction of sp³-hybridized carbons (Fsp3) is 0.500. The van der Waals surface area contributed by atoms with E-state index in [0.717, 1.165) is 6.42 Å². The summed E-state index contributed by atoms with van der Waals surface area (Å²) >= 11 is 0. The summed E-state index contributed by atoms with van der Waals surface area (Å²) in [7, 11) is 0. The van der Waals surface area contributed by atoms with E-state index in [-0.39, 0.29) is 5.91 Å². The van der Waals surface area contributed by atoms with Gasteiger partial charge in [0.25, 0.3) is 0 Å². The molecule has 1 N–H and O–H groups in total. The number of hydrogen-bond donors (Lipinski definition) is 1. The van der Waals surface area contributed by atoms with Crippen molar-refractivity contribution in [1.29, 1.82) is 0 Å². The molecule has 1 aliphatic heterocycles. The Morgan fingerprint density at radius 3 is 2.78 bits per heavy atom. The molecule has 0 atom stereocenters. The lowest BCUT2D eigenvalue weighted by molar-refractivity contribution is -0.136. The van der Waals surface area contributed by atoms with E-state index >= 15 is 0 Å². The van der Waals surface area contributed by atoms with Crippen molar-refractivity contribution in [1.82, 2.24) is 24.6 Å². The van der Waals surface area contributed by atoms with Crippen LogP contribution in [0.2, 0.25) is 0 Å². The molecule has 0 unspecified atom stereocenters. The third-order valence-electron chi connectivity index (χ3n) is 4.33. The molecule has 0 saturated carbocycles. The lowest BCUT2D eigenvalue weighted by Crippen LogP contribution is -2.45. The van der Waals surface area contributed by atoms with Gasteiger partial charge >= 0.3 is 0 Å². The maximum atomic E-state index is 12.3. The Morgan fingerprint density at radius 2 is 2.13 bits per heavy atom. The number of hydrogen-bond acceptors (Lipinski definition) is 5. The molecule has 1 saturated heterocycles. The normalized spacial score (nSPS) is 17.2. The van der Waals surface area contributed by atoms with Crippen LogP contribution in [0.3, 0.4) is 0 Å². The zero-order chi connectivity index (χ0) is 16.1. The quantitative estimate of drug-likeness (QED) is 0.888. The molecule has 2 aromatic rings. The number of carbonyl (C=O) groups is 1. The van der Waals surface area contributed by atoms with Crippen molar-refractivity contribution in [3.63, 3.8) is 0 Å². The van der Waals surface area contributed by atoms with Crippen LogP contribution in [0.5, 0.6) is 0 Å². The summed E-state index contributed by atoms with van der Waals surface area (Å²) in [6.07, 6.45) is 7.11. The molecule has 23 heavy (non-hydrogen) atoms. The molecule has 0 aliphatic carbocycles. The zero-order valence-corrected chi connectivity index (χ0v) is 13.0. The van der Waals surface area contributed by atoms with E-state index in [9.17, 15) is 9.90 Å². The van der Waals surface area contributed by atoms with Gasteiger partial charge < -0.3 is 10.0 Å². The molecule has 0 bridgehead atoms. The highest BCUT2D eigenvalue weighted by Crippen LogP contribution is 2.31. The average Bonchev–Trinajstić information content (AvgIpc) is 3.10. The first-order valence-corrected chi connectivity index (χ1v) is 7.91. The van der Waals surface area contributed by atoms with Gasteiger partial charge in [0.05, 0.1) is 5.69 Å². The van der Waals surface area contributed by atoms with Crippen LogP contribution in [0.1, 0.15) is 31.4 Å². The third-order valence-corrected chi connectivity index (χ3v) is 4.33. The van der Waals surface area contributed by atoms with Crippen LogP contribution >= 0.6 is 0 Å². The minimum absolute atomic E-state index is 0.133. The minimum atomic E-state index is -0.918. The van der Waals surface area contributed by atoms with E-state index in [4.69, 9.17) is 0 Å². The first-order chi connectivity index (χ1) is 11.2. The van der Waals surface area contributed by atoms with Gasteiger partial charge in [0, 0.05) is 32.3 Å². The van der Waals surface area contributed by atoms with Crippen LogP contribution in [-0.4, -0.2) is 48.8 Å². The second kappa shape index (κ2) is 6.87. The van der Waals surface area contributed by atoms with Crippen LogP contribution in [0.15, 0.2) is 37.1 Å². The SMILES string of the molecule is O=C(CCCn1cncn1)N1CCC(O)(c2ccccn2)CC1.